The van der Waals surface area contributed by atoms with Crippen molar-refractivity contribution < 1.29 is 19.1 Å². The third-order valence-electron chi connectivity index (χ3n) is 4.01. The number of nitrogens with one attached hydrogen (secondary N) is 1. The van der Waals surface area contributed by atoms with Crippen LogP contribution < -0.4 is 10.1 Å². The number of hydrogen-bond acceptors (Lipinski definition) is 4. The number of benzene rings is 2. The Kier molecular flexibility index (Phi) is 7.86. The van der Waals surface area contributed by atoms with Crippen molar-refractivity contribution in [2.75, 3.05) is 18.5 Å². The zero-order valence-electron chi connectivity index (χ0n) is 16.2. The Labute approximate surface area is 160 Å². The first-order valence-corrected chi connectivity index (χ1v) is 9.29. The molecule has 27 heavy (non-hydrogen) atoms. The first kappa shape index (κ1) is 20.5. The zero-order chi connectivity index (χ0) is 19.6. The molecule has 0 unspecified atom stereocenters. The SMILES string of the molecule is CCCCOC(=O)c1cccc(NC(=O)COc2cccc(C(C)C)c2)c1. The molecule has 1 N–H and O–H groups in total. The summed E-state index contributed by atoms with van der Waals surface area (Å²) in [6.45, 7) is 6.53. The van der Waals surface area contributed by atoms with Crippen molar-refractivity contribution in [1.29, 1.82) is 0 Å². The van der Waals surface area contributed by atoms with Crippen LogP contribution in [0.4, 0.5) is 5.69 Å². The van der Waals surface area contributed by atoms with Gasteiger partial charge in [-0.05, 0) is 48.2 Å². The zero-order valence-corrected chi connectivity index (χ0v) is 16.2. The molecular weight excluding hydrogens is 342 g/mol. The number of rotatable bonds is 9. The second-order valence-corrected chi connectivity index (χ2v) is 6.63. The molecule has 144 valence electrons. The van der Waals surface area contributed by atoms with Crippen LogP contribution in [0.3, 0.4) is 0 Å². The first-order chi connectivity index (χ1) is 13.0. The summed E-state index contributed by atoms with van der Waals surface area (Å²) in [6, 6.07) is 14.4. The Morgan fingerprint density at radius 2 is 1.85 bits per heavy atom. The molecule has 0 fully saturated rings. The lowest BCUT2D eigenvalue weighted by Crippen LogP contribution is -2.20. The fraction of sp³-hybridized carbons (Fsp3) is 0.364. The molecule has 0 bridgehead atoms. The molecule has 0 radical (unpaired) electrons. The normalized spacial score (nSPS) is 10.5. The third-order valence-corrected chi connectivity index (χ3v) is 4.01. The van der Waals surface area contributed by atoms with Gasteiger partial charge in [0.05, 0.1) is 12.2 Å². The topological polar surface area (TPSA) is 64.6 Å². The largest absolute Gasteiger partial charge is 0.484 e. The van der Waals surface area contributed by atoms with Crippen LogP contribution >= 0.6 is 0 Å². The summed E-state index contributed by atoms with van der Waals surface area (Å²) in [5, 5.41) is 2.74. The van der Waals surface area contributed by atoms with Crippen LogP contribution in [0.5, 0.6) is 5.75 Å². The summed E-state index contributed by atoms with van der Waals surface area (Å²) in [7, 11) is 0. The molecule has 0 aliphatic rings. The van der Waals surface area contributed by atoms with Crippen molar-refractivity contribution in [2.45, 2.75) is 39.5 Å². The first-order valence-electron chi connectivity index (χ1n) is 9.29. The summed E-state index contributed by atoms with van der Waals surface area (Å²) in [6.07, 6.45) is 1.79. The van der Waals surface area contributed by atoms with Crippen molar-refractivity contribution in [2.24, 2.45) is 0 Å². The molecule has 0 atom stereocenters. The van der Waals surface area contributed by atoms with Crippen LogP contribution in [0.1, 0.15) is 55.5 Å². The van der Waals surface area contributed by atoms with Gasteiger partial charge in [-0.1, -0.05) is 45.4 Å². The van der Waals surface area contributed by atoms with Crippen molar-refractivity contribution >= 4 is 17.6 Å². The number of anilines is 1. The van der Waals surface area contributed by atoms with Gasteiger partial charge in [-0.3, -0.25) is 4.79 Å². The maximum Gasteiger partial charge on any atom is 0.338 e. The Bertz CT molecular complexity index is 770. The smallest absolute Gasteiger partial charge is 0.338 e. The molecule has 0 spiro atoms. The van der Waals surface area contributed by atoms with Gasteiger partial charge in [0.15, 0.2) is 6.61 Å². The van der Waals surface area contributed by atoms with Gasteiger partial charge < -0.3 is 14.8 Å². The van der Waals surface area contributed by atoms with E-state index in [9.17, 15) is 9.59 Å². The predicted molar refractivity (Wildman–Crippen MR) is 106 cm³/mol. The fourth-order valence-corrected chi connectivity index (χ4v) is 2.43. The number of carbonyl (C=O) groups is 2. The predicted octanol–water partition coefficient (Wildman–Crippen LogP) is 4.78. The molecule has 0 saturated carbocycles. The Morgan fingerprint density at radius 3 is 2.59 bits per heavy atom. The minimum absolute atomic E-state index is 0.104. The number of esters is 1. The summed E-state index contributed by atoms with van der Waals surface area (Å²) in [5.41, 5.74) is 2.10. The van der Waals surface area contributed by atoms with Gasteiger partial charge in [-0.15, -0.1) is 0 Å². The lowest BCUT2D eigenvalue weighted by atomic mass is 10.0. The monoisotopic (exact) mass is 369 g/mol. The van der Waals surface area contributed by atoms with Crippen LogP contribution in [-0.4, -0.2) is 25.1 Å². The summed E-state index contributed by atoms with van der Waals surface area (Å²) in [5.74, 6) is 0.370. The highest BCUT2D eigenvalue weighted by atomic mass is 16.5. The fourth-order valence-electron chi connectivity index (χ4n) is 2.43. The lowest BCUT2D eigenvalue weighted by Gasteiger charge is -2.11. The lowest BCUT2D eigenvalue weighted by molar-refractivity contribution is -0.118. The maximum atomic E-state index is 12.1. The average molecular weight is 369 g/mol. The van der Waals surface area contributed by atoms with Gasteiger partial charge in [0, 0.05) is 5.69 Å². The molecule has 2 aromatic carbocycles. The van der Waals surface area contributed by atoms with Crippen LogP contribution in [0.25, 0.3) is 0 Å². The molecule has 0 saturated heterocycles. The molecule has 5 heteroatoms. The highest BCUT2D eigenvalue weighted by molar-refractivity contribution is 5.95. The highest BCUT2D eigenvalue weighted by Crippen LogP contribution is 2.20. The minimum atomic E-state index is -0.388. The molecular formula is C22H27NO4. The number of amides is 1. The van der Waals surface area contributed by atoms with E-state index in [0.29, 0.717) is 29.5 Å². The molecule has 2 aromatic rings. The van der Waals surface area contributed by atoms with E-state index in [0.717, 1.165) is 18.4 Å². The molecule has 0 heterocycles. The Balaban J connectivity index is 1.89. The second-order valence-electron chi connectivity index (χ2n) is 6.63. The van der Waals surface area contributed by atoms with Crippen LogP contribution in [0, 0.1) is 0 Å². The van der Waals surface area contributed by atoms with Crippen molar-refractivity contribution in [3.8, 4) is 5.75 Å². The highest BCUT2D eigenvalue weighted by Gasteiger charge is 2.10. The number of unbranched alkanes of at least 4 members (excludes halogenated alkanes) is 1. The quantitative estimate of drug-likeness (QED) is 0.510. The van der Waals surface area contributed by atoms with E-state index >= 15 is 0 Å². The average Bonchev–Trinajstić information content (AvgIpc) is 2.67. The van der Waals surface area contributed by atoms with Crippen molar-refractivity contribution in [3.05, 3.63) is 59.7 Å². The van der Waals surface area contributed by atoms with Crippen molar-refractivity contribution in [3.63, 3.8) is 0 Å². The van der Waals surface area contributed by atoms with Gasteiger partial charge in [-0.2, -0.15) is 0 Å². The maximum absolute atomic E-state index is 12.1. The van der Waals surface area contributed by atoms with E-state index in [1.807, 2.05) is 31.2 Å². The molecule has 2 rings (SSSR count). The summed E-state index contributed by atoms with van der Waals surface area (Å²) >= 11 is 0. The molecule has 5 nitrogen and oxygen atoms in total. The van der Waals surface area contributed by atoms with E-state index in [2.05, 4.69) is 19.2 Å². The van der Waals surface area contributed by atoms with E-state index in [1.165, 1.54) is 0 Å². The standard InChI is InChI=1S/C22H27NO4/c1-4-5-12-26-22(25)18-9-6-10-19(13-18)23-21(24)15-27-20-11-7-8-17(14-20)16(2)3/h6-11,13-14,16H,4-5,12,15H2,1-3H3,(H,23,24). The molecule has 1 amide bonds. The minimum Gasteiger partial charge on any atom is -0.484 e. The van der Waals surface area contributed by atoms with Crippen LogP contribution in [0.2, 0.25) is 0 Å². The molecule has 0 aliphatic heterocycles. The second kappa shape index (κ2) is 10.4. The summed E-state index contributed by atoms with van der Waals surface area (Å²) < 4.78 is 10.8. The van der Waals surface area contributed by atoms with Gasteiger partial charge in [0.25, 0.3) is 5.91 Å². The van der Waals surface area contributed by atoms with E-state index < -0.39 is 0 Å². The number of ether oxygens (including phenoxy) is 2. The van der Waals surface area contributed by atoms with E-state index in [4.69, 9.17) is 9.47 Å². The van der Waals surface area contributed by atoms with Crippen molar-refractivity contribution in [1.82, 2.24) is 0 Å². The van der Waals surface area contributed by atoms with E-state index in [1.54, 1.807) is 24.3 Å². The van der Waals surface area contributed by atoms with Gasteiger partial charge in [0.1, 0.15) is 5.75 Å². The Morgan fingerprint density at radius 1 is 1.07 bits per heavy atom. The van der Waals surface area contributed by atoms with Crippen LogP contribution in [-0.2, 0) is 9.53 Å². The third kappa shape index (κ3) is 6.77. The van der Waals surface area contributed by atoms with Gasteiger partial charge >= 0.3 is 5.97 Å². The van der Waals surface area contributed by atoms with Crippen LogP contribution in [0.15, 0.2) is 48.5 Å². The van der Waals surface area contributed by atoms with E-state index in [-0.39, 0.29) is 18.5 Å². The molecule has 0 aromatic heterocycles. The molecule has 0 aliphatic carbocycles. The number of carbonyl (C=O) groups excluding carboxylic acids is 2. The van der Waals surface area contributed by atoms with Gasteiger partial charge in [0.2, 0.25) is 0 Å². The van der Waals surface area contributed by atoms with Gasteiger partial charge in [-0.25, -0.2) is 4.79 Å². The Hall–Kier alpha value is -2.82. The summed E-state index contributed by atoms with van der Waals surface area (Å²) in [4.78, 5) is 24.1. The number of hydrogen-bond donors (Lipinski definition) is 1.